The lowest BCUT2D eigenvalue weighted by Crippen LogP contribution is -2.28. The molecule has 0 saturated carbocycles. The summed E-state index contributed by atoms with van der Waals surface area (Å²) in [6, 6.07) is 6.07. The van der Waals surface area contributed by atoms with Gasteiger partial charge in [0, 0.05) is 0 Å². The van der Waals surface area contributed by atoms with E-state index in [9.17, 15) is 5.11 Å². The maximum Gasteiger partial charge on any atom is 0.116 e. The van der Waals surface area contributed by atoms with E-state index in [1.807, 2.05) is 12.1 Å². The average molecular weight is 233 g/mol. The van der Waals surface area contributed by atoms with Crippen LogP contribution in [0.2, 0.25) is 0 Å². The predicted octanol–water partition coefficient (Wildman–Crippen LogP) is 3.06. The fraction of sp³-hybridized carbons (Fsp3) is 0.600. The zero-order chi connectivity index (χ0) is 12.3. The molecule has 0 bridgehead atoms. The lowest BCUT2D eigenvalue weighted by atomic mass is 9.89. The SMILES string of the molecule is CC(C)c1cc(O)cc(CC2CCNCC2)c1. The molecular weight excluding hydrogens is 210 g/mol. The summed E-state index contributed by atoms with van der Waals surface area (Å²) in [5.74, 6) is 1.67. The lowest BCUT2D eigenvalue weighted by Gasteiger charge is -2.23. The second-order valence-electron chi connectivity index (χ2n) is 5.48. The van der Waals surface area contributed by atoms with Crippen molar-refractivity contribution in [3.8, 4) is 5.75 Å². The quantitative estimate of drug-likeness (QED) is 0.841. The van der Waals surface area contributed by atoms with Crippen LogP contribution in [-0.2, 0) is 6.42 Å². The highest BCUT2D eigenvalue weighted by molar-refractivity contribution is 5.35. The highest BCUT2D eigenvalue weighted by Gasteiger charge is 2.14. The van der Waals surface area contributed by atoms with Crippen molar-refractivity contribution in [1.82, 2.24) is 5.32 Å². The molecule has 0 aliphatic carbocycles. The summed E-state index contributed by atoms with van der Waals surface area (Å²) in [6.45, 7) is 6.62. The molecule has 17 heavy (non-hydrogen) atoms. The van der Waals surface area contributed by atoms with Crippen molar-refractivity contribution >= 4 is 0 Å². The second kappa shape index (κ2) is 5.54. The molecular formula is C15H23NO. The van der Waals surface area contributed by atoms with Crippen LogP contribution in [0.4, 0.5) is 0 Å². The number of nitrogens with one attached hydrogen (secondary N) is 1. The minimum atomic E-state index is 0.417. The van der Waals surface area contributed by atoms with Gasteiger partial charge in [0.2, 0.25) is 0 Å². The van der Waals surface area contributed by atoms with Gasteiger partial charge in [0.1, 0.15) is 5.75 Å². The molecule has 1 aromatic rings. The van der Waals surface area contributed by atoms with Crippen LogP contribution in [0.15, 0.2) is 18.2 Å². The molecule has 2 rings (SSSR count). The minimum absolute atomic E-state index is 0.417. The van der Waals surface area contributed by atoms with Gasteiger partial charge in [-0.25, -0.2) is 0 Å². The van der Waals surface area contributed by atoms with Crippen LogP contribution in [0.25, 0.3) is 0 Å². The molecule has 1 saturated heterocycles. The van der Waals surface area contributed by atoms with Gasteiger partial charge in [-0.1, -0.05) is 19.9 Å². The minimum Gasteiger partial charge on any atom is -0.508 e. The van der Waals surface area contributed by atoms with E-state index in [2.05, 4.69) is 25.2 Å². The summed E-state index contributed by atoms with van der Waals surface area (Å²) in [5, 5.41) is 13.2. The average Bonchev–Trinajstić information content (AvgIpc) is 2.29. The van der Waals surface area contributed by atoms with Crippen LogP contribution < -0.4 is 5.32 Å². The third-order valence-corrected chi connectivity index (χ3v) is 3.65. The van der Waals surface area contributed by atoms with E-state index in [1.165, 1.54) is 24.0 Å². The number of phenolic OH excluding ortho intramolecular Hbond substituents is 1. The van der Waals surface area contributed by atoms with Gasteiger partial charge >= 0.3 is 0 Å². The molecule has 0 spiro atoms. The van der Waals surface area contributed by atoms with Gasteiger partial charge in [-0.3, -0.25) is 0 Å². The van der Waals surface area contributed by atoms with Crippen molar-refractivity contribution in [3.63, 3.8) is 0 Å². The predicted molar refractivity (Wildman–Crippen MR) is 71.5 cm³/mol. The topological polar surface area (TPSA) is 32.3 Å². The van der Waals surface area contributed by atoms with Crippen molar-refractivity contribution in [2.24, 2.45) is 5.92 Å². The van der Waals surface area contributed by atoms with E-state index in [0.29, 0.717) is 11.7 Å². The van der Waals surface area contributed by atoms with E-state index in [4.69, 9.17) is 0 Å². The smallest absolute Gasteiger partial charge is 0.116 e. The third kappa shape index (κ3) is 3.47. The number of piperidine rings is 1. The van der Waals surface area contributed by atoms with Gasteiger partial charge in [-0.2, -0.15) is 0 Å². The molecule has 0 atom stereocenters. The maximum atomic E-state index is 9.76. The normalized spacial score (nSPS) is 17.6. The van der Waals surface area contributed by atoms with E-state index < -0.39 is 0 Å². The highest BCUT2D eigenvalue weighted by Crippen LogP contribution is 2.25. The zero-order valence-electron chi connectivity index (χ0n) is 10.9. The Hall–Kier alpha value is -1.02. The van der Waals surface area contributed by atoms with Gasteiger partial charge in [0.15, 0.2) is 0 Å². The monoisotopic (exact) mass is 233 g/mol. The molecule has 1 aromatic carbocycles. The first-order valence-corrected chi connectivity index (χ1v) is 6.68. The van der Waals surface area contributed by atoms with Crippen LogP contribution in [0.1, 0.15) is 43.7 Å². The van der Waals surface area contributed by atoms with Crippen molar-refractivity contribution in [1.29, 1.82) is 0 Å². The van der Waals surface area contributed by atoms with E-state index in [-0.39, 0.29) is 0 Å². The summed E-state index contributed by atoms with van der Waals surface area (Å²) in [6.07, 6.45) is 3.62. The van der Waals surface area contributed by atoms with Crippen molar-refractivity contribution in [2.75, 3.05) is 13.1 Å². The summed E-state index contributed by atoms with van der Waals surface area (Å²) in [4.78, 5) is 0. The number of aromatic hydroxyl groups is 1. The molecule has 0 radical (unpaired) electrons. The third-order valence-electron chi connectivity index (χ3n) is 3.65. The van der Waals surface area contributed by atoms with Gasteiger partial charge in [0.05, 0.1) is 0 Å². The summed E-state index contributed by atoms with van der Waals surface area (Å²) in [7, 11) is 0. The van der Waals surface area contributed by atoms with Gasteiger partial charge in [-0.05, 0) is 67.4 Å². The Morgan fingerprint density at radius 1 is 1.24 bits per heavy atom. The van der Waals surface area contributed by atoms with Gasteiger partial charge in [-0.15, -0.1) is 0 Å². The fourth-order valence-electron chi connectivity index (χ4n) is 2.57. The summed E-state index contributed by atoms with van der Waals surface area (Å²) < 4.78 is 0. The van der Waals surface area contributed by atoms with Gasteiger partial charge in [0.25, 0.3) is 0 Å². The van der Waals surface area contributed by atoms with Crippen LogP contribution in [0, 0.1) is 5.92 Å². The summed E-state index contributed by atoms with van der Waals surface area (Å²) >= 11 is 0. The Morgan fingerprint density at radius 2 is 1.94 bits per heavy atom. The van der Waals surface area contributed by atoms with Crippen LogP contribution in [0.5, 0.6) is 5.75 Å². The number of hydrogen-bond acceptors (Lipinski definition) is 2. The van der Waals surface area contributed by atoms with Crippen LogP contribution in [0.3, 0.4) is 0 Å². The first-order valence-electron chi connectivity index (χ1n) is 6.68. The fourth-order valence-corrected chi connectivity index (χ4v) is 2.57. The Morgan fingerprint density at radius 3 is 2.59 bits per heavy atom. The maximum absolute atomic E-state index is 9.76. The molecule has 1 fully saturated rings. The number of phenols is 1. The number of hydrogen-bond donors (Lipinski definition) is 2. The van der Waals surface area contributed by atoms with Crippen LogP contribution >= 0.6 is 0 Å². The highest BCUT2D eigenvalue weighted by atomic mass is 16.3. The molecule has 2 N–H and O–H groups in total. The van der Waals surface area contributed by atoms with E-state index >= 15 is 0 Å². The van der Waals surface area contributed by atoms with E-state index in [1.54, 1.807) is 0 Å². The molecule has 2 heteroatoms. The molecule has 0 unspecified atom stereocenters. The Labute approximate surface area is 104 Å². The first kappa shape index (κ1) is 12.4. The molecule has 0 aromatic heterocycles. The van der Waals surface area contributed by atoms with Crippen molar-refractivity contribution in [2.45, 2.75) is 39.0 Å². The Kier molecular flexibility index (Phi) is 4.06. The van der Waals surface area contributed by atoms with Crippen molar-refractivity contribution in [3.05, 3.63) is 29.3 Å². The number of rotatable bonds is 3. The zero-order valence-corrected chi connectivity index (χ0v) is 10.9. The second-order valence-corrected chi connectivity index (χ2v) is 5.48. The standard InChI is InChI=1S/C15H23NO/c1-11(2)14-8-13(9-15(17)10-14)7-12-3-5-16-6-4-12/h8-12,16-17H,3-7H2,1-2H3. The Bertz CT molecular complexity index is 367. The lowest BCUT2D eigenvalue weighted by molar-refractivity contribution is 0.372. The molecule has 1 aliphatic heterocycles. The molecule has 94 valence electrons. The first-order chi connectivity index (χ1) is 8.15. The summed E-state index contributed by atoms with van der Waals surface area (Å²) in [5.41, 5.74) is 2.54. The molecule has 1 aliphatic rings. The van der Waals surface area contributed by atoms with Crippen molar-refractivity contribution < 1.29 is 5.11 Å². The largest absolute Gasteiger partial charge is 0.508 e. The van der Waals surface area contributed by atoms with Gasteiger partial charge < -0.3 is 10.4 Å². The van der Waals surface area contributed by atoms with E-state index in [0.717, 1.165) is 25.4 Å². The molecule has 0 amide bonds. The van der Waals surface area contributed by atoms with Crippen LogP contribution in [-0.4, -0.2) is 18.2 Å². The molecule has 2 nitrogen and oxygen atoms in total. The number of benzene rings is 1. The Balaban J connectivity index is 2.09. The molecule has 1 heterocycles.